The molecular weight excluding hydrogens is 249 g/mol. The number of benzene rings is 1. The van der Waals surface area contributed by atoms with E-state index in [0.717, 1.165) is 5.56 Å². The van der Waals surface area contributed by atoms with Crippen LogP contribution < -0.4 is 4.74 Å². The van der Waals surface area contributed by atoms with Crippen LogP contribution in [-0.2, 0) is 6.18 Å². The Bertz CT molecular complexity index is 564. The van der Waals surface area contributed by atoms with Crippen molar-refractivity contribution in [2.75, 3.05) is 7.11 Å². The van der Waals surface area contributed by atoms with Crippen molar-refractivity contribution in [3.8, 4) is 11.4 Å². The summed E-state index contributed by atoms with van der Waals surface area (Å²) in [5.74, 6) is -0.704. The Labute approximate surface area is 100 Å². The standard InChI is InChI=1S/C10H9F3N4O/c1-6-3-4-7(5-8(6)18-2)17-9(10(11,12)13)14-15-16-17/h3-5H,1-2H3. The maximum atomic E-state index is 12.6. The Morgan fingerprint density at radius 3 is 2.61 bits per heavy atom. The van der Waals surface area contributed by atoms with Gasteiger partial charge in [0.05, 0.1) is 12.8 Å². The first kappa shape index (κ1) is 12.3. The fourth-order valence-corrected chi connectivity index (χ4v) is 1.48. The third-order valence-corrected chi connectivity index (χ3v) is 2.36. The Hall–Kier alpha value is -2.12. The number of methoxy groups -OCH3 is 1. The minimum absolute atomic E-state index is 0.190. The van der Waals surface area contributed by atoms with Gasteiger partial charge in [-0.3, -0.25) is 0 Å². The molecule has 5 nitrogen and oxygen atoms in total. The molecule has 2 aromatic rings. The van der Waals surface area contributed by atoms with Gasteiger partial charge in [0.25, 0.3) is 5.82 Å². The second kappa shape index (κ2) is 4.28. The van der Waals surface area contributed by atoms with E-state index in [0.29, 0.717) is 10.4 Å². The number of aromatic nitrogens is 4. The van der Waals surface area contributed by atoms with E-state index in [9.17, 15) is 13.2 Å². The average molecular weight is 258 g/mol. The quantitative estimate of drug-likeness (QED) is 0.826. The number of hydrogen-bond donors (Lipinski definition) is 0. The second-order valence-corrected chi connectivity index (χ2v) is 3.57. The molecule has 0 aliphatic rings. The number of tetrazole rings is 1. The highest BCUT2D eigenvalue weighted by Crippen LogP contribution is 2.29. The molecule has 0 atom stereocenters. The van der Waals surface area contributed by atoms with Gasteiger partial charge in [0, 0.05) is 6.07 Å². The molecule has 96 valence electrons. The predicted octanol–water partition coefficient (Wildman–Crippen LogP) is 2.00. The van der Waals surface area contributed by atoms with Gasteiger partial charge in [0.15, 0.2) is 0 Å². The van der Waals surface area contributed by atoms with Crippen molar-refractivity contribution < 1.29 is 17.9 Å². The molecule has 0 unspecified atom stereocenters. The number of rotatable bonds is 2. The Morgan fingerprint density at radius 1 is 1.28 bits per heavy atom. The van der Waals surface area contributed by atoms with E-state index in [-0.39, 0.29) is 5.69 Å². The van der Waals surface area contributed by atoms with Crippen molar-refractivity contribution in [2.45, 2.75) is 13.1 Å². The normalized spacial score (nSPS) is 11.6. The van der Waals surface area contributed by atoms with E-state index in [4.69, 9.17) is 4.74 Å². The minimum atomic E-state index is -4.61. The first-order valence-electron chi connectivity index (χ1n) is 4.94. The monoisotopic (exact) mass is 258 g/mol. The summed E-state index contributed by atoms with van der Waals surface area (Å²) >= 11 is 0. The van der Waals surface area contributed by atoms with E-state index in [1.165, 1.54) is 19.2 Å². The van der Waals surface area contributed by atoms with Gasteiger partial charge in [-0.05, 0) is 29.0 Å². The number of ether oxygens (including phenoxy) is 1. The molecule has 8 heteroatoms. The topological polar surface area (TPSA) is 52.8 Å². The zero-order chi connectivity index (χ0) is 13.3. The fourth-order valence-electron chi connectivity index (χ4n) is 1.48. The molecule has 0 aliphatic heterocycles. The number of alkyl halides is 3. The van der Waals surface area contributed by atoms with Gasteiger partial charge >= 0.3 is 6.18 Å². The molecule has 0 fully saturated rings. The van der Waals surface area contributed by atoms with Crippen LogP contribution in [0, 0.1) is 6.92 Å². The van der Waals surface area contributed by atoms with Gasteiger partial charge < -0.3 is 4.74 Å². The van der Waals surface area contributed by atoms with Crippen molar-refractivity contribution in [1.82, 2.24) is 20.2 Å². The molecule has 0 spiro atoms. The lowest BCUT2D eigenvalue weighted by atomic mass is 10.2. The zero-order valence-corrected chi connectivity index (χ0v) is 9.56. The van der Waals surface area contributed by atoms with E-state index >= 15 is 0 Å². The highest BCUT2D eigenvalue weighted by Gasteiger charge is 2.38. The molecule has 0 saturated carbocycles. The molecule has 1 aromatic heterocycles. The van der Waals surface area contributed by atoms with E-state index in [2.05, 4.69) is 15.5 Å². The molecule has 0 N–H and O–H groups in total. The molecule has 0 saturated heterocycles. The van der Waals surface area contributed by atoms with Crippen LogP contribution in [0.3, 0.4) is 0 Å². The van der Waals surface area contributed by atoms with Crippen LogP contribution in [0.4, 0.5) is 13.2 Å². The summed E-state index contributed by atoms with van der Waals surface area (Å²) < 4.78 is 43.6. The van der Waals surface area contributed by atoms with Gasteiger partial charge in [-0.2, -0.15) is 17.9 Å². The lowest BCUT2D eigenvalue weighted by molar-refractivity contribution is -0.146. The molecule has 1 aromatic carbocycles. The van der Waals surface area contributed by atoms with E-state index in [1.54, 1.807) is 13.0 Å². The molecule has 0 bridgehead atoms. The summed E-state index contributed by atoms with van der Waals surface area (Å²) in [6, 6.07) is 4.57. The Balaban J connectivity index is 2.53. The molecular formula is C10H9F3N4O. The highest BCUT2D eigenvalue weighted by molar-refractivity contribution is 5.44. The first-order valence-corrected chi connectivity index (χ1v) is 4.94. The third kappa shape index (κ3) is 2.13. The average Bonchev–Trinajstić information content (AvgIpc) is 2.78. The minimum Gasteiger partial charge on any atom is -0.496 e. The predicted molar refractivity (Wildman–Crippen MR) is 55.4 cm³/mol. The molecule has 2 rings (SSSR count). The van der Waals surface area contributed by atoms with E-state index in [1.807, 2.05) is 0 Å². The second-order valence-electron chi connectivity index (χ2n) is 3.57. The van der Waals surface area contributed by atoms with Crippen LogP contribution in [0.15, 0.2) is 18.2 Å². The zero-order valence-electron chi connectivity index (χ0n) is 9.56. The third-order valence-electron chi connectivity index (χ3n) is 2.36. The lowest BCUT2D eigenvalue weighted by Gasteiger charge is -2.10. The van der Waals surface area contributed by atoms with Gasteiger partial charge in [-0.25, -0.2) is 0 Å². The van der Waals surface area contributed by atoms with Gasteiger partial charge in [0.2, 0.25) is 0 Å². The summed E-state index contributed by atoms with van der Waals surface area (Å²) in [7, 11) is 1.44. The van der Waals surface area contributed by atoms with Crippen LogP contribution >= 0.6 is 0 Å². The number of aryl methyl sites for hydroxylation is 1. The summed E-state index contributed by atoms with van der Waals surface area (Å²) in [4.78, 5) is 0. The summed E-state index contributed by atoms with van der Waals surface area (Å²) in [6.07, 6.45) is -4.61. The Kier molecular flexibility index (Phi) is 2.93. The maximum Gasteiger partial charge on any atom is 0.453 e. The van der Waals surface area contributed by atoms with Crippen LogP contribution in [0.2, 0.25) is 0 Å². The summed E-state index contributed by atoms with van der Waals surface area (Å²) in [5, 5.41) is 9.36. The highest BCUT2D eigenvalue weighted by atomic mass is 19.4. The largest absolute Gasteiger partial charge is 0.496 e. The van der Waals surface area contributed by atoms with Crippen molar-refractivity contribution in [3.05, 3.63) is 29.6 Å². The van der Waals surface area contributed by atoms with Gasteiger partial charge in [-0.15, -0.1) is 5.10 Å². The van der Waals surface area contributed by atoms with Crippen LogP contribution in [0.25, 0.3) is 5.69 Å². The molecule has 0 amide bonds. The van der Waals surface area contributed by atoms with E-state index < -0.39 is 12.0 Å². The van der Waals surface area contributed by atoms with Crippen molar-refractivity contribution in [1.29, 1.82) is 0 Å². The van der Waals surface area contributed by atoms with Crippen molar-refractivity contribution in [2.24, 2.45) is 0 Å². The molecule has 0 radical (unpaired) electrons. The van der Waals surface area contributed by atoms with Gasteiger partial charge in [0.1, 0.15) is 5.75 Å². The van der Waals surface area contributed by atoms with Crippen molar-refractivity contribution in [3.63, 3.8) is 0 Å². The lowest BCUT2D eigenvalue weighted by Crippen LogP contribution is -2.14. The van der Waals surface area contributed by atoms with Crippen molar-refractivity contribution >= 4 is 0 Å². The molecule has 1 heterocycles. The summed E-state index contributed by atoms with van der Waals surface area (Å²) in [6.45, 7) is 1.78. The number of hydrogen-bond acceptors (Lipinski definition) is 4. The Morgan fingerprint density at radius 2 is 2.00 bits per heavy atom. The number of nitrogens with zero attached hydrogens (tertiary/aromatic N) is 4. The van der Waals surface area contributed by atoms with Crippen LogP contribution in [0.1, 0.15) is 11.4 Å². The maximum absolute atomic E-state index is 12.6. The van der Waals surface area contributed by atoms with Gasteiger partial charge in [-0.1, -0.05) is 6.07 Å². The first-order chi connectivity index (χ1) is 8.43. The fraction of sp³-hybridized carbons (Fsp3) is 0.300. The summed E-state index contributed by atoms with van der Waals surface area (Å²) in [5.41, 5.74) is 0.998. The number of halogens is 3. The van der Waals surface area contributed by atoms with Crippen LogP contribution in [0.5, 0.6) is 5.75 Å². The smallest absolute Gasteiger partial charge is 0.453 e. The van der Waals surface area contributed by atoms with Crippen LogP contribution in [-0.4, -0.2) is 27.3 Å². The molecule has 18 heavy (non-hydrogen) atoms. The SMILES string of the molecule is COc1cc(-n2nnnc2C(F)(F)F)ccc1C. The molecule has 0 aliphatic carbocycles.